The predicted octanol–water partition coefficient (Wildman–Crippen LogP) is 2.83. The molecule has 0 unspecified atom stereocenters. The van der Waals surface area contributed by atoms with Gasteiger partial charge >= 0.3 is 0 Å². The quantitative estimate of drug-likeness (QED) is 0.740. The molecule has 1 N–H and O–H groups in total. The Kier molecular flexibility index (Phi) is 2.95. The van der Waals surface area contributed by atoms with Gasteiger partial charge in [0, 0.05) is 24.5 Å². The summed E-state index contributed by atoms with van der Waals surface area (Å²) < 4.78 is 1.98. The molecule has 100 valence electrons. The Morgan fingerprint density at radius 2 is 2.00 bits per heavy atom. The van der Waals surface area contributed by atoms with E-state index >= 15 is 0 Å². The van der Waals surface area contributed by atoms with E-state index in [1.165, 1.54) is 0 Å². The fourth-order valence-electron chi connectivity index (χ4n) is 2.36. The summed E-state index contributed by atoms with van der Waals surface area (Å²) >= 11 is 0. The van der Waals surface area contributed by atoms with Crippen LogP contribution in [0, 0.1) is 6.92 Å². The normalized spacial score (nSPS) is 10.7. The SMILES string of the molecule is Cc1ncnc2c(Nc3ccccc3C=O)cn(C)c12. The lowest BCUT2D eigenvalue weighted by Crippen LogP contribution is -1.95. The smallest absolute Gasteiger partial charge is 0.152 e. The van der Waals surface area contributed by atoms with Crippen molar-refractivity contribution in [1.82, 2.24) is 14.5 Å². The van der Waals surface area contributed by atoms with Crippen molar-refractivity contribution >= 4 is 28.7 Å². The summed E-state index contributed by atoms with van der Waals surface area (Å²) in [5.74, 6) is 0. The van der Waals surface area contributed by atoms with E-state index in [0.717, 1.165) is 34.4 Å². The molecule has 20 heavy (non-hydrogen) atoms. The van der Waals surface area contributed by atoms with Crippen LogP contribution in [0.1, 0.15) is 16.1 Å². The number of benzene rings is 1. The number of carbonyl (C=O) groups excluding carboxylic acids is 1. The summed E-state index contributed by atoms with van der Waals surface area (Å²) in [5, 5.41) is 3.27. The maximum atomic E-state index is 11.1. The molecule has 0 aliphatic heterocycles. The van der Waals surface area contributed by atoms with Crippen molar-refractivity contribution in [3.8, 4) is 0 Å². The van der Waals surface area contributed by atoms with Crippen LogP contribution in [-0.4, -0.2) is 20.8 Å². The van der Waals surface area contributed by atoms with Crippen molar-refractivity contribution < 1.29 is 4.79 Å². The molecule has 3 rings (SSSR count). The first-order valence-corrected chi connectivity index (χ1v) is 6.28. The largest absolute Gasteiger partial charge is 0.352 e. The molecule has 5 nitrogen and oxygen atoms in total. The first kappa shape index (κ1) is 12.3. The molecular weight excluding hydrogens is 252 g/mol. The third kappa shape index (κ3) is 1.93. The van der Waals surface area contributed by atoms with Gasteiger partial charge in [0.1, 0.15) is 11.8 Å². The summed E-state index contributed by atoms with van der Waals surface area (Å²) in [5.41, 5.74) is 5.01. The molecule has 0 radical (unpaired) electrons. The number of nitrogens with one attached hydrogen (secondary N) is 1. The lowest BCUT2D eigenvalue weighted by atomic mass is 10.2. The lowest BCUT2D eigenvalue weighted by molar-refractivity contribution is 0.112. The second kappa shape index (κ2) is 4.77. The summed E-state index contributed by atoms with van der Waals surface area (Å²) in [6.45, 7) is 1.95. The molecule has 0 saturated carbocycles. The minimum Gasteiger partial charge on any atom is -0.352 e. The number of hydrogen-bond acceptors (Lipinski definition) is 4. The van der Waals surface area contributed by atoms with Crippen LogP contribution in [0.5, 0.6) is 0 Å². The second-order valence-corrected chi connectivity index (χ2v) is 4.64. The van der Waals surface area contributed by atoms with Gasteiger partial charge in [-0.15, -0.1) is 0 Å². The minimum absolute atomic E-state index is 0.621. The maximum absolute atomic E-state index is 11.1. The number of fused-ring (bicyclic) bond motifs is 1. The Bertz CT molecular complexity index is 792. The summed E-state index contributed by atoms with van der Waals surface area (Å²) in [6, 6.07) is 7.38. The van der Waals surface area contributed by atoms with Crippen LogP contribution in [0.4, 0.5) is 11.4 Å². The van der Waals surface area contributed by atoms with E-state index in [1.54, 1.807) is 12.4 Å². The minimum atomic E-state index is 0.621. The fraction of sp³-hybridized carbons (Fsp3) is 0.133. The van der Waals surface area contributed by atoms with E-state index in [2.05, 4.69) is 15.3 Å². The van der Waals surface area contributed by atoms with Gasteiger partial charge in [-0.3, -0.25) is 4.79 Å². The van der Waals surface area contributed by atoms with E-state index in [-0.39, 0.29) is 0 Å². The molecule has 0 atom stereocenters. The Labute approximate surface area is 116 Å². The average molecular weight is 266 g/mol. The Balaban J connectivity index is 2.12. The summed E-state index contributed by atoms with van der Waals surface area (Å²) in [4.78, 5) is 19.6. The highest BCUT2D eigenvalue weighted by Gasteiger charge is 2.11. The number of carbonyl (C=O) groups is 1. The molecule has 2 aromatic heterocycles. The van der Waals surface area contributed by atoms with E-state index in [0.29, 0.717) is 5.56 Å². The van der Waals surface area contributed by atoms with Crippen LogP contribution in [0.2, 0.25) is 0 Å². The number of rotatable bonds is 3. The molecule has 1 aromatic carbocycles. The molecule has 0 aliphatic rings. The Hall–Kier alpha value is -2.69. The molecule has 2 heterocycles. The van der Waals surface area contributed by atoms with Gasteiger partial charge in [0.05, 0.1) is 16.9 Å². The molecule has 0 spiro atoms. The van der Waals surface area contributed by atoms with Crippen molar-refractivity contribution in [3.05, 3.63) is 48.0 Å². The number of aryl methyl sites for hydroxylation is 2. The second-order valence-electron chi connectivity index (χ2n) is 4.64. The number of aromatic nitrogens is 3. The van der Waals surface area contributed by atoms with Crippen LogP contribution in [0.3, 0.4) is 0 Å². The summed E-state index contributed by atoms with van der Waals surface area (Å²) in [7, 11) is 1.95. The van der Waals surface area contributed by atoms with Crippen molar-refractivity contribution in [2.45, 2.75) is 6.92 Å². The molecule has 5 heteroatoms. The number of aldehydes is 1. The van der Waals surface area contributed by atoms with E-state index in [9.17, 15) is 4.79 Å². The fourth-order valence-corrected chi connectivity index (χ4v) is 2.36. The van der Waals surface area contributed by atoms with Crippen molar-refractivity contribution in [2.75, 3.05) is 5.32 Å². The van der Waals surface area contributed by atoms with Crippen LogP contribution in [0.15, 0.2) is 36.8 Å². The number of nitrogens with zero attached hydrogens (tertiary/aromatic N) is 3. The molecular formula is C15H14N4O. The number of hydrogen-bond donors (Lipinski definition) is 1. The van der Waals surface area contributed by atoms with Gasteiger partial charge in [-0.1, -0.05) is 12.1 Å². The van der Waals surface area contributed by atoms with Gasteiger partial charge in [-0.25, -0.2) is 9.97 Å². The summed E-state index contributed by atoms with van der Waals surface area (Å²) in [6.07, 6.45) is 4.34. The first-order chi connectivity index (χ1) is 9.70. The van der Waals surface area contributed by atoms with Crippen LogP contribution < -0.4 is 5.32 Å². The zero-order chi connectivity index (χ0) is 14.1. The molecule has 0 fully saturated rings. The number of anilines is 2. The zero-order valence-corrected chi connectivity index (χ0v) is 11.3. The van der Waals surface area contributed by atoms with E-state index < -0.39 is 0 Å². The van der Waals surface area contributed by atoms with E-state index in [1.807, 2.05) is 42.9 Å². The third-order valence-corrected chi connectivity index (χ3v) is 3.29. The van der Waals surface area contributed by atoms with Gasteiger partial charge in [-0.05, 0) is 19.1 Å². The van der Waals surface area contributed by atoms with Crippen molar-refractivity contribution in [3.63, 3.8) is 0 Å². The lowest BCUT2D eigenvalue weighted by Gasteiger charge is -2.06. The Morgan fingerprint density at radius 1 is 1.20 bits per heavy atom. The topological polar surface area (TPSA) is 59.8 Å². The van der Waals surface area contributed by atoms with Crippen molar-refractivity contribution in [1.29, 1.82) is 0 Å². The van der Waals surface area contributed by atoms with Gasteiger partial charge in [0.25, 0.3) is 0 Å². The first-order valence-electron chi connectivity index (χ1n) is 6.28. The van der Waals surface area contributed by atoms with Gasteiger partial charge in [0.15, 0.2) is 6.29 Å². The van der Waals surface area contributed by atoms with Crippen molar-refractivity contribution in [2.24, 2.45) is 7.05 Å². The third-order valence-electron chi connectivity index (χ3n) is 3.29. The maximum Gasteiger partial charge on any atom is 0.152 e. The average Bonchev–Trinajstić information content (AvgIpc) is 2.77. The van der Waals surface area contributed by atoms with Gasteiger partial charge in [0.2, 0.25) is 0 Å². The molecule has 0 bridgehead atoms. The monoisotopic (exact) mass is 266 g/mol. The molecule has 0 amide bonds. The van der Waals surface area contributed by atoms with Gasteiger partial charge < -0.3 is 9.88 Å². The molecule has 0 saturated heterocycles. The highest BCUT2D eigenvalue weighted by molar-refractivity contribution is 5.94. The predicted molar refractivity (Wildman–Crippen MR) is 78.4 cm³/mol. The standard InChI is InChI=1S/C15H14N4O/c1-10-15-14(17-9-16-10)13(7-19(15)2)18-12-6-4-3-5-11(12)8-20/h3-9,18H,1-2H3. The van der Waals surface area contributed by atoms with Gasteiger partial charge in [-0.2, -0.15) is 0 Å². The highest BCUT2D eigenvalue weighted by atomic mass is 16.1. The molecule has 0 aliphatic carbocycles. The highest BCUT2D eigenvalue weighted by Crippen LogP contribution is 2.28. The zero-order valence-electron chi connectivity index (χ0n) is 11.3. The van der Waals surface area contributed by atoms with Crippen LogP contribution in [-0.2, 0) is 7.05 Å². The van der Waals surface area contributed by atoms with E-state index in [4.69, 9.17) is 0 Å². The number of para-hydroxylation sites is 1. The molecule has 3 aromatic rings. The Morgan fingerprint density at radius 3 is 2.80 bits per heavy atom. The van der Waals surface area contributed by atoms with Crippen LogP contribution >= 0.6 is 0 Å². The van der Waals surface area contributed by atoms with Crippen LogP contribution in [0.25, 0.3) is 11.0 Å².